The zero-order valence-electron chi connectivity index (χ0n) is 10.6. The third-order valence-corrected chi connectivity index (χ3v) is 5.49. The highest BCUT2D eigenvalue weighted by Crippen LogP contribution is 2.73. The van der Waals surface area contributed by atoms with E-state index in [0.29, 0.717) is 24.4 Å². The van der Waals surface area contributed by atoms with Gasteiger partial charge in [0.25, 0.3) is 0 Å². The lowest BCUT2D eigenvalue weighted by Gasteiger charge is -2.58. The first kappa shape index (κ1) is 11.9. The molecule has 5 atom stereocenters. The molecular weight excluding hydrogens is 234 g/mol. The van der Waals surface area contributed by atoms with Gasteiger partial charge in [-0.1, -0.05) is 0 Å². The Morgan fingerprint density at radius 1 is 1.39 bits per heavy atom. The molecule has 0 aromatic rings. The lowest BCUT2D eigenvalue weighted by Crippen LogP contribution is -2.59. The SMILES string of the molecule is CCOC(=O)CC1(C[N+](=O)[O-])C2CC3CC2[C@@H]1C3. The van der Waals surface area contributed by atoms with E-state index in [-0.39, 0.29) is 29.3 Å². The van der Waals surface area contributed by atoms with Crippen molar-refractivity contribution in [3.05, 3.63) is 10.1 Å². The van der Waals surface area contributed by atoms with Crippen molar-refractivity contribution in [3.8, 4) is 0 Å². The molecule has 0 aromatic heterocycles. The Morgan fingerprint density at radius 3 is 2.50 bits per heavy atom. The smallest absolute Gasteiger partial charge is 0.306 e. The highest BCUT2D eigenvalue weighted by molar-refractivity contribution is 5.70. The number of hydrogen-bond donors (Lipinski definition) is 0. The van der Waals surface area contributed by atoms with Crippen LogP contribution in [0.4, 0.5) is 0 Å². The first-order valence-corrected chi connectivity index (χ1v) is 6.84. The molecule has 0 N–H and O–H groups in total. The predicted molar refractivity (Wildman–Crippen MR) is 63.4 cm³/mol. The van der Waals surface area contributed by atoms with Gasteiger partial charge in [0, 0.05) is 4.92 Å². The van der Waals surface area contributed by atoms with Crippen molar-refractivity contribution in [2.75, 3.05) is 13.2 Å². The average molecular weight is 253 g/mol. The molecule has 100 valence electrons. The van der Waals surface area contributed by atoms with E-state index in [4.69, 9.17) is 4.74 Å². The molecule has 5 nitrogen and oxygen atoms in total. The summed E-state index contributed by atoms with van der Waals surface area (Å²) in [6.07, 6.45) is 3.67. The summed E-state index contributed by atoms with van der Waals surface area (Å²) < 4.78 is 5.01. The first-order valence-electron chi connectivity index (χ1n) is 6.84. The van der Waals surface area contributed by atoms with Gasteiger partial charge in [-0.15, -0.1) is 0 Å². The Labute approximate surface area is 106 Å². The van der Waals surface area contributed by atoms with Gasteiger partial charge >= 0.3 is 5.97 Å². The van der Waals surface area contributed by atoms with Crippen molar-refractivity contribution < 1.29 is 14.5 Å². The van der Waals surface area contributed by atoms with Gasteiger partial charge in [-0.05, 0) is 49.9 Å². The maximum atomic E-state index is 11.7. The number of ether oxygens (including phenoxy) is 1. The summed E-state index contributed by atoms with van der Waals surface area (Å²) in [7, 11) is 0. The van der Waals surface area contributed by atoms with Gasteiger partial charge in [-0.3, -0.25) is 14.9 Å². The number of hydrogen-bond acceptors (Lipinski definition) is 4. The number of esters is 1. The van der Waals surface area contributed by atoms with Crippen LogP contribution >= 0.6 is 0 Å². The molecule has 5 heteroatoms. The van der Waals surface area contributed by atoms with Crippen LogP contribution in [0.3, 0.4) is 0 Å². The molecule has 0 spiro atoms. The molecular formula is C13H19NO4. The molecule has 0 saturated heterocycles. The zero-order valence-corrected chi connectivity index (χ0v) is 10.6. The molecule has 3 saturated carbocycles. The third-order valence-electron chi connectivity index (χ3n) is 5.49. The number of carbonyl (C=O) groups is 1. The highest BCUT2D eigenvalue weighted by Gasteiger charge is 2.71. The summed E-state index contributed by atoms with van der Waals surface area (Å²) in [4.78, 5) is 22.5. The number of nitro groups is 1. The van der Waals surface area contributed by atoms with Crippen LogP contribution in [0.5, 0.6) is 0 Å². The predicted octanol–water partition coefficient (Wildman–Crippen LogP) is 1.88. The first-order chi connectivity index (χ1) is 8.56. The molecule has 3 aliphatic rings. The fourth-order valence-corrected chi connectivity index (χ4v) is 5.10. The fourth-order valence-electron chi connectivity index (χ4n) is 5.10. The van der Waals surface area contributed by atoms with Gasteiger partial charge in [0.05, 0.1) is 18.4 Å². The van der Waals surface area contributed by atoms with E-state index in [1.54, 1.807) is 6.92 Å². The van der Waals surface area contributed by atoms with Crippen LogP contribution in [0, 0.1) is 39.2 Å². The summed E-state index contributed by atoms with van der Waals surface area (Å²) in [5, 5.41) is 11.0. The molecule has 0 aromatic carbocycles. The molecule has 3 aliphatic carbocycles. The lowest BCUT2D eigenvalue weighted by molar-refractivity contribution is -0.512. The second-order valence-corrected chi connectivity index (χ2v) is 6.16. The second-order valence-electron chi connectivity index (χ2n) is 6.16. The van der Waals surface area contributed by atoms with Crippen LogP contribution in [0.2, 0.25) is 0 Å². The number of nitrogens with zero attached hydrogens (tertiary/aromatic N) is 1. The van der Waals surface area contributed by atoms with Crippen LogP contribution in [0.15, 0.2) is 0 Å². The summed E-state index contributed by atoms with van der Waals surface area (Å²) in [5.74, 6) is 1.97. The van der Waals surface area contributed by atoms with E-state index in [1.165, 1.54) is 6.42 Å². The molecule has 4 unspecified atom stereocenters. The Bertz CT molecular complexity index is 380. The van der Waals surface area contributed by atoms with Crippen molar-refractivity contribution in [2.24, 2.45) is 29.1 Å². The van der Waals surface area contributed by atoms with Crippen LogP contribution in [0.25, 0.3) is 0 Å². The minimum Gasteiger partial charge on any atom is -0.466 e. The molecule has 2 bridgehead atoms. The summed E-state index contributed by atoms with van der Waals surface area (Å²) in [5.41, 5.74) is -0.382. The normalized spacial score (nSPS) is 43.6. The van der Waals surface area contributed by atoms with Gasteiger partial charge in [0.2, 0.25) is 6.54 Å². The van der Waals surface area contributed by atoms with E-state index in [0.717, 1.165) is 18.8 Å². The molecule has 0 amide bonds. The summed E-state index contributed by atoms with van der Waals surface area (Å²) >= 11 is 0. The van der Waals surface area contributed by atoms with Crippen molar-refractivity contribution in [1.82, 2.24) is 0 Å². The second kappa shape index (κ2) is 3.93. The Hall–Kier alpha value is -1.13. The van der Waals surface area contributed by atoms with Gasteiger partial charge in [0.15, 0.2) is 0 Å². The highest BCUT2D eigenvalue weighted by atomic mass is 16.6. The maximum absolute atomic E-state index is 11.7. The standard InChI is InChI=1S/C13H19NO4/c1-2-18-12(15)6-13(7-14(16)17)10-4-8-3-9(10)11(13)5-8/h8-11H,2-7H2,1H3/t8?,9?,10-,11?,13?/m0/s1. The van der Waals surface area contributed by atoms with Gasteiger partial charge in [-0.2, -0.15) is 0 Å². The van der Waals surface area contributed by atoms with Gasteiger partial charge in [-0.25, -0.2) is 0 Å². The van der Waals surface area contributed by atoms with Crippen molar-refractivity contribution >= 4 is 5.97 Å². The summed E-state index contributed by atoms with van der Waals surface area (Å²) in [6.45, 7) is 2.08. The van der Waals surface area contributed by atoms with E-state index < -0.39 is 0 Å². The maximum Gasteiger partial charge on any atom is 0.306 e. The Morgan fingerprint density at radius 2 is 2.06 bits per heavy atom. The van der Waals surface area contributed by atoms with Crippen molar-refractivity contribution in [3.63, 3.8) is 0 Å². The van der Waals surface area contributed by atoms with Gasteiger partial charge < -0.3 is 4.74 Å². The number of carbonyl (C=O) groups excluding carboxylic acids is 1. The molecule has 0 radical (unpaired) electrons. The van der Waals surface area contributed by atoms with Crippen LogP contribution < -0.4 is 0 Å². The quantitative estimate of drug-likeness (QED) is 0.426. The van der Waals surface area contributed by atoms with Crippen LogP contribution in [0.1, 0.15) is 32.6 Å². The van der Waals surface area contributed by atoms with Crippen LogP contribution in [-0.4, -0.2) is 24.0 Å². The Balaban J connectivity index is 1.78. The third kappa shape index (κ3) is 1.49. The summed E-state index contributed by atoms with van der Waals surface area (Å²) in [6, 6.07) is 0. The number of fused-ring (bicyclic) bond motifs is 1. The zero-order chi connectivity index (χ0) is 12.9. The minimum atomic E-state index is -0.382. The Kier molecular flexibility index (Phi) is 2.61. The van der Waals surface area contributed by atoms with Gasteiger partial charge in [0.1, 0.15) is 0 Å². The average Bonchev–Trinajstić information content (AvgIpc) is 2.84. The van der Waals surface area contributed by atoms with E-state index in [1.807, 2.05) is 0 Å². The molecule has 18 heavy (non-hydrogen) atoms. The van der Waals surface area contributed by atoms with Crippen molar-refractivity contribution in [2.45, 2.75) is 32.6 Å². The van der Waals surface area contributed by atoms with E-state index in [9.17, 15) is 14.9 Å². The van der Waals surface area contributed by atoms with Crippen LogP contribution in [-0.2, 0) is 9.53 Å². The molecule has 0 aliphatic heterocycles. The van der Waals surface area contributed by atoms with E-state index in [2.05, 4.69) is 0 Å². The molecule has 3 rings (SSSR count). The monoisotopic (exact) mass is 253 g/mol. The minimum absolute atomic E-state index is 0.0512. The van der Waals surface area contributed by atoms with E-state index >= 15 is 0 Å². The lowest BCUT2D eigenvalue weighted by atomic mass is 9.44. The largest absolute Gasteiger partial charge is 0.466 e. The topological polar surface area (TPSA) is 69.4 Å². The molecule has 3 fully saturated rings. The fraction of sp³-hybridized carbons (Fsp3) is 0.923. The van der Waals surface area contributed by atoms with Crippen molar-refractivity contribution in [1.29, 1.82) is 0 Å². The number of rotatable bonds is 5. The molecule has 0 heterocycles.